The number of aryl methyl sites for hydroxylation is 1. The Morgan fingerprint density at radius 2 is 2.43 bits per heavy atom. The molecule has 0 radical (unpaired) electrons. The van der Waals surface area contributed by atoms with E-state index in [1.54, 1.807) is 6.20 Å². The van der Waals surface area contributed by atoms with E-state index in [1.807, 2.05) is 17.8 Å². The molecule has 1 aliphatic rings. The molecule has 2 atom stereocenters. The minimum atomic E-state index is -0.417. The first-order chi connectivity index (χ1) is 6.79. The zero-order valence-electron chi connectivity index (χ0n) is 8.43. The van der Waals surface area contributed by atoms with Crippen LogP contribution in [0.1, 0.15) is 31.2 Å². The zero-order chi connectivity index (χ0) is 9.97. The van der Waals surface area contributed by atoms with Crippen molar-refractivity contribution in [2.75, 3.05) is 0 Å². The molecule has 0 saturated carbocycles. The van der Waals surface area contributed by atoms with Crippen molar-refractivity contribution in [3.05, 3.63) is 30.4 Å². The van der Waals surface area contributed by atoms with Crippen LogP contribution in [0.15, 0.2) is 24.5 Å². The Hall–Kier alpha value is -1.09. The Balaban J connectivity index is 2.11. The Bertz CT molecular complexity index is 330. The third-order valence-electron chi connectivity index (χ3n) is 2.88. The van der Waals surface area contributed by atoms with Crippen molar-refractivity contribution in [3.8, 4) is 0 Å². The first-order valence-electron chi connectivity index (χ1n) is 5.09. The number of allylic oxidation sites excluding steroid dienone is 2. The monoisotopic (exact) mass is 192 g/mol. The lowest BCUT2D eigenvalue weighted by Crippen LogP contribution is -2.17. The summed E-state index contributed by atoms with van der Waals surface area (Å²) in [5.74, 6) is 1.12. The van der Waals surface area contributed by atoms with Crippen molar-refractivity contribution in [1.29, 1.82) is 0 Å². The minimum absolute atomic E-state index is 0.334. The minimum Gasteiger partial charge on any atom is -0.385 e. The second-order valence-corrected chi connectivity index (χ2v) is 3.89. The van der Waals surface area contributed by atoms with E-state index in [0.717, 1.165) is 25.1 Å². The lowest BCUT2D eigenvalue weighted by molar-refractivity contribution is 0.0914. The predicted octanol–water partition coefficient (Wildman–Crippen LogP) is 1.81. The number of rotatable bonds is 2. The van der Waals surface area contributed by atoms with Gasteiger partial charge in [-0.15, -0.1) is 0 Å². The van der Waals surface area contributed by atoms with Gasteiger partial charge in [0.05, 0.1) is 0 Å². The van der Waals surface area contributed by atoms with Gasteiger partial charge in [-0.25, -0.2) is 4.98 Å². The number of aromatic nitrogens is 2. The summed E-state index contributed by atoms with van der Waals surface area (Å²) in [6.07, 6.45) is 10.6. The van der Waals surface area contributed by atoms with Crippen LogP contribution in [-0.4, -0.2) is 14.7 Å². The summed E-state index contributed by atoms with van der Waals surface area (Å²) in [5, 5.41) is 10.1. The number of imidazole rings is 1. The number of aliphatic hydroxyl groups is 1. The molecule has 14 heavy (non-hydrogen) atoms. The van der Waals surface area contributed by atoms with Gasteiger partial charge in [-0.05, 0) is 25.2 Å². The molecule has 0 spiro atoms. The summed E-state index contributed by atoms with van der Waals surface area (Å²) in [7, 11) is 1.92. The normalized spacial score (nSPS) is 23.7. The maximum absolute atomic E-state index is 10.1. The molecule has 3 nitrogen and oxygen atoms in total. The molecule has 0 bridgehead atoms. The highest BCUT2D eigenvalue weighted by Crippen LogP contribution is 2.30. The molecule has 0 fully saturated rings. The lowest BCUT2D eigenvalue weighted by atomic mass is 9.89. The highest BCUT2D eigenvalue weighted by molar-refractivity contribution is 5.01. The number of hydrogen-bond donors (Lipinski definition) is 1. The van der Waals surface area contributed by atoms with E-state index in [0.29, 0.717) is 5.92 Å². The highest BCUT2D eigenvalue weighted by atomic mass is 16.3. The predicted molar refractivity (Wildman–Crippen MR) is 54.6 cm³/mol. The molecule has 1 aromatic rings. The fraction of sp³-hybridized carbons (Fsp3) is 0.545. The molecular weight excluding hydrogens is 176 g/mol. The van der Waals surface area contributed by atoms with Gasteiger partial charge >= 0.3 is 0 Å². The molecule has 2 unspecified atom stereocenters. The summed E-state index contributed by atoms with van der Waals surface area (Å²) in [6.45, 7) is 0. The van der Waals surface area contributed by atoms with Gasteiger partial charge in [0.1, 0.15) is 11.9 Å². The van der Waals surface area contributed by atoms with Gasteiger partial charge in [-0.2, -0.15) is 0 Å². The van der Waals surface area contributed by atoms with E-state index in [4.69, 9.17) is 0 Å². The summed E-state index contributed by atoms with van der Waals surface area (Å²) >= 11 is 0. The SMILES string of the molecule is Cn1ccnc1C(O)C1CC=CCC1. The van der Waals surface area contributed by atoms with Crippen LogP contribution in [-0.2, 0) is 7.05 Å². The van der Waals surface area contributed by atoms with Crippen molar-refractivity contribution in [2.45, 2.75) is 25.4 Å². The second-order valence-electron chi connectivity index (χ2n) is 3.89. The van der Waals surface area contributed by atoms with E-state index in [-0.39, 0.29) is 0 Å². The first kappa shape index (κ1) is 9.46. The maximum atomic E-state index is 10.1. The summed E-state index contributed by atoms with van der Waals surface area (Å²) in [6, 6.07) is 0. The number of nitrogens with zero attached hydrogens (tertiary/aromatic N) is 2. The van der Waals surface area contributed by atoms with E-state index < -0.39 is 6.10 Å². The van der Waals surface area contributed by atoms with Crippen molar-refractivity contribution >= 4 is 0 Å². The molecule has 1 heterocycles. The summed E-state index contributed by atoms with van der Waals surface area (Å²) in [5.41, 5.74) is 0. The van der Waals surface area contributed by atoms with Crippen LogP contribution < -0.4 is 0 Å². The fourth-order valence-corrected chi connectivity index (χ4v) is 1.98. The third kappa shape index (κ3) is 1.73. The van der Waals surface area contributed by atoms with Gasteiger partial charge in [-0.1, -0.05) is 12.2 Å². The van der Waals surface area contributed by atoms with Crippen LogP contribution in [0.5, 0.6) is 0 Å². The average Bonchev–Trinajstić information content (AvgIpc) is 2.65. The van der Waals surface area contributed by atoms with E-state index >= 15 is 0 Å². The largest absolute Gasteiger partial charge is 0.385 e. The van der Waals surface area contributed by atoms with Crippen LogP contribution in [0, 0.1) is 5.92 Å². The van der Waals surface area contributed by atoms with Gasteiger partial charge < -0.3 is 9.67 Å². The molecule has 1 N–H and O–H groups in total. The van der Waals surface area contributed by atoms with Crippen molar-refractivity contribution in [1.82, 2.24) is 9.55 Å². The third-order valence-corrected chi connectivity index (χ3v) is 2.88. The van der Waals surface area contributed by atoms with E-state index in [9.17, 15) is 5.11 Å². The topological polar surface area (TPSA) is 38.0 Å². The van der Waals surface area contributed by atoms with Crippen LogP contribution in [0.3, 0.4) is 0 Å². The summed E-state index contributed by atoms with van der Waals surface area (Å²) in [4.78, 5) is 4.18. The molecule has 3 heteroatoms. The molecule has 2 rings (SSSR count). The Kier molecular flexibility index (Phi) is 2.68. The smallest absolute Gasteiger partial charge is 0.137 e. The molecular formula is C11H16N2O. The van der Waals surface area contributed by atoms with Crippen LogP contribution in [0.2, 0.25) is 0 Å². The first-order valence-corrected chi connectivity index (χ1v) is 5.09. The maximum Gasteiger partial charge on any atom is 0.137 e. The van der Waals surface area contributed by atoms with Gasteiger partial charge in [0.25, 0.3) is 0 Å². The number of hydrogen-bond acceptors (Lipinski definition) is 2. The zero-order valence-corrected chi connectivity index (χ0v) is 8.43. The quantitative estimate of drug-likeness (QED) is 0.726. The second kappa shape index (κ2) is 3.96. The molecule has 1 aromatic heterocycles. The van der Waals surface area contributed by atoms with Crippen molar-refractivity contribution < 1.29 is 5.11 Å². The molecule has 0 amide bonds. The number of aliphatic hydroxyl groups excluding tert-OH is 1. The van der Waals surface area contributed by atoms with E-state index in [1.165, 1.54) is 0 Å². The average molecular weight is 192 g/mol. The molecule has 0 saturated heterocycles. The highest BCUT2D eigenvalue weighted by Gasteiger charge is 2.23. The molecule has 1 aliphatic carbocycles. The van der Waals surface area contributed by atoms with Crippen LogP contribution in [0.25, 0.3) is 0 Å². The summed E-state index contributed by atoms with van der Waals surface area (Å²) < 4.78 is 1.89. The molecule has 76 valence electrons. The Labute approximate surface area is 84.1 Å². The molecule has 0 aliphatic heterocycles. The van der Waals surface area contributed by atoms with Gasteiger partial charge in [0.15, 0.2) is 0 Å². The van der Waals surface area contributed by atoms with Crippen LogP contribution >= 0.6 is 0 Å². The molecule has 0 aromatic carbocycles. The standard InChI is InChI=1S/C11H16N2O/c1-13-8-7-12-11(13)10(14)9-5-3-2-4-6-9/h2-3,7-10,14H,4-6H2,1H3. The van der Waals surface area contributed by atoms with Gasteiger partial charge in [0.2, 0.25) is 0 Å². The van der Waals surface area contributed by atoms with Crippen molar-refractivity contribution in [3.63, 3.8) is 0 Å². The van der Waals surface area contributed by atoms with Gasteiger partial charge in [0, 0.05) is 19.4 Å². The van der Waals surface area contributed by atoms with Gasteiger partial charge in [-0.3, -0.25) is 0 Å². The Morgan fingerprint density at radius 1 is 1.57 bits per heavy atom. The van der Waals surface area contributed by atoms with E-state index in [2.05, 4.69) is 17.1 Å². The van der Waals surface area contributed by atoms with Crippen LogP contribution in [0.4, 0.5) is 0 Å². The Morgan fingerprint density at radius 3 is 3.00 bits per heavy atom. The fourth-order valence-electron chi connectivity index (χ4n) is 1.98. The van der Waals surface area contributed by atoms with Crippen molar-refractivity contribution in [2.24, 2.45) is 13.0 Å². The lowest BCUT2D eigenvalue weighted by Gasteiger charge is -2.23.